The molecule has 1 amide bonds. The highest BCUT2D eigenvalue weighted by molar-refractivity contribution is 7.98. The summed E-state index contributed by atoms with van der Waals surface area (Å²) in [5.74, 6) is 1.13. The van der Waals surface area contributed by atoms with E-state index >= 15 is 0 Å². The van der Waals surface area contributed by atoms with Crippen LogP contribution in [0.4, 0.5) is 5.13 Å². The third kappa shape index (κ3) is 3.64. The molecule has 8 heteroatoms. The molecule has 6 nitrogen and oxygen atoms in total. The second-order valence-corrected chi connectivity index (χ2v) is 6.85. The second kappa shape index (κ2) is 7.62. The lowest BCUT2D eigenvalue weighted by molar-refractivity contribution is 0.0962. The number of hydrogen-bond acceptors (Lipinski definition) is 7. The Kier molecular flexibility index (Phi) is 5.30. The lowest BCUT2D eigenvalue weighted by Crippen LogP contribution is -2.29. The number of fused-ring (bicyclic) bond motifs is 1. The zero-order chi connectivity index (χ0) is 17.8. The zero-order valence-electron chi connectivity index (χ0n) is 14.0. The summed E-state index contributed by atoms with van der Waals surface area (Å²) in [4.78, 5) is 17.8. The van der Waals surface area contributed by atoms with Crippen molar-refractivity contribution in [3.05, 3.63) is 42.0 Å². The van der Waals surface area contributed by atoms with E-state index in [0.717, 1.165) is 9.60 Å². The Morgan fingerprint density at radius 1 is 1.08 bits per heavy atom. The maximum Gasteiger partial charge on any atom is 0.269 e. The first-order chi connectivity index (χ1) is 12.2. The van der Waals surface area contributed by atoms with Gasteiger partial charge < -0.3 is 9.47 Å². The van der Waals surface area contributed by atoms with Gasteiger partial charge in [0.15, 0.2) is 0 Å². The molecule has 0 aliphatic rings. The number of nitrogens with one attached hydrogen (secondary N) is 2. The van der Waals surface area contributed by atoms with Crippen LogP contribution in [0.2, 0.25) is 0 Å². The zero-order valence-corrected chi connectivity index (χ0v) is 15.6. The number of hydrazine groups is 1. The number of hydrogen-bond donors (Lipinski definition) is 2. The molecular formula is C17H17N3O3S2. The van der Waals surface area contributed by atoms with Crippen LogP contribution in [-0.2, 0) is 0 Å². The minimum atomic E-state index is -0.231. The van der Waals surface area contributed by atoms with E-state index in [0.29, 0.717) is 27.7 Å². The third-order valence-corrected chi connectivity index (χ3v) is 5.27. The molecule has 0 fully saturated rings. The SMILES string of the molecule is COc1ccc(OC)c2sc(NNC(=O)c3ccc(SC)cc3)nc12. The summed E-state index contributed by atoms with van der Waals surface area (Å²) in [5, 5.41) is 0.548. The monoisotopic (exact) mass is 375 g/mol. The van der Waals surface area contributed by atoms with Gasteiger partial charge in [0.05, 0.1) is 14.2 Å². The Morgan fingerprint density at radius 2 is 1.76 bits per heavy atom. The van der Waals surface area contributed by atoms with Gasteiger partial charge in [-0.1, -0.05) is 11.3 Å². The third-order valence-electron chi connectivity index (χ3n) is 3.55. The van der Waals surface area contributed by atoms with Gasteiger partial charge >= 0.3 is 0 Å². The molecule has 3 rings (SSSR count). The number of thiazole rings is 1. The van der Waals surface area contributed by atoms with Crippen LogP contribution in [0.15, 0.2) is 41.3 Å². The number of carbonyl (C=O) groups is 1. The van der Waals surface area contributed by atoms with Crippen molar-refractivity contribution in [2.75, 3.05) is 25.9 Å². The predicted molar refractivity (Wildman–Crippen MR) is 102 cm³/mol. The molecule has 0 spiro atoms. The molecule has 3 aromatic rings. The van der Waals surface area contributed by atoms with Crippen molar-refractivity contribution in [2.45, 2.75) is 4.90 Å². The van der Waals surface area contributed by atoms with Gasteiger partial charge in [-0.3, -0.25) is 15.6 Å². The van der Waals surface area contributed by atoms with Crippen LogP contribution in [0, 0.1) is 0 Å². The van der Waals surface area contributed by atoms with Crippen LogP contribution in [0.25, 0.3) is 10.2 Å². The molecule has 0 bridgehead atoms. The molecule has 0 atom stereocenters. The quantitative estimate of drug-likeness (QED) is 0.504. The van der Waals surface area contributed by atoms with Gasteiger partial charge in [-0.25, -0.2) is 4.98 Å². The fraction of sp³-hybridized carbons (Fsp3) is 0.176. The number of anilines is 1. The molecule has 130 valence electrons. The van der Waals surface area contributed by atoms with Crippen molar-refractivity contribution in [3.8, 4) is 11.5 Å². The average Bonchev–Trinajstić information content (AvgIpc) is 3.09. The number of methoxy groups -OCH3 is 2. The van der Waals surface area contributed by atoms with Crippen molar-refractivity contribution >= 4 is 44.4 Å². The second-order valence-electron chi connectivity index (χ2n) is 4.97. The van der Waals surface area contributed by atoms with Crippen molar-refractivity contribution in [2.24, 2.45) is 0 Å². The van der Waals surface area contributed by atoms with E-state index in [-0.39, 0.29) is 5.91 Å². The number of ether oxygens (including phenoxy) is 2. The number of nitrogens with zero attached hydrogens (tertiary/aromatic N) is 1. The molecule has 0 saturated carbocycles. The van der Waals surface area contributed by atoms with Crippen LogP contribution in [0.5, 0.6) is 11.5 Å². The number of benzene rings is 2. The molecule has 1 heterocycles. The summed E-state index contributed by atoms with van der Waals surface area (Å²) in [6, 6.07) is 11.0. The average molecular weight is 375 g/mol. The lowest BCUT2D eigenvalue weighted by Gasteiger charge is -2.05. The summed E-state index contributed by atoms with van der Waals surface area (Å²) in [7, 11) is 3.20. The number of thioether (sulfide) groups is 1. The summed E-state index contributed by atoms with van der Waals surface area (Å²) in [5.41, 5.74) is 6.77. The van der Waals surface area contributed by atoms with E-state index in [4.69, 9.17) is 9.47 Å². The topological polar surface area (TPSA) is 72.5 Å². The molecule has 0 radical (unpaired) electrons. The van der Waals surface area contributed by atoms with Crippen LogP contribution in [-0.4, -0.2) is 31.4 Å². The van der Waals surface area contributed by atoms with E-state index in [9.17, 15) is 4.79 Å². The molecule has 0 unspecified atom stereocenters. The summed E-state index contributed by atoms with van der Waals surface area (Å²) >= 11 is 3.01. The standard InChI is InChI=1S/C17H17N3O3S2/c1-22-12-8-9-13(23-2)15-14(12)18-17(25-15)20-19-16(21)10-4-6-11(24-3)7-5-10/h4-9H,1-3H3,(H,18,20)(H,19,21). The molecule has 0 aliphatic carbocycles. The number of amides is 1. The smallest absolute Gasteiger partial charge is 0.269 e. The molecule has 0 saturated heterocycles. The van der Waals surface area contributed by atoms with E-state index in [1.165, 1.54) is 11.3 Å². The van der Waals surface area contributed by atoms with Gasteiger partial charge in [0.1, 0.15) is 21.7 Å². The fourth-order valence-electron chi connectivity index (χ4n) is 2.26. The Labute approximate surface area is 153 Å². The van der Waals surface area contributed by atoms with Gasteiger partial charge in [0.2, 0.25) is 5.13 Å². The highest BCUT2D eigenvalue weighted by Gasteiger charge is 2.14. The van der Waals surface area contributed by atoms with E-state index in [1.807, 2.05) is 24.5 Å². The molecule has 2 N–H and O–H groups in total. The summed E-state index contributed by atoms with van der Waals surface area (Å²) in [6.07, 6.45) is 1.99. The lowest BCUT2D eigenvalue weighted by atomic mass is 10.2. The van der Waals surface area contributed by atoms with Gasteiger partial charge in [0.25, 0.3) is 5.91 Å². The van der Waals surface area contributed by atoms with Crippen LogP contribution < -0.4 is 20.3 Å². The molecule has 2 aromatic carbocycles. The highest BCUT2D eigenvalue weighted by Crippen LogP contribution is 2.38. The van der Waals surface area contributed by atoms with E-state index in [1.54, 1.807) is 44.2 Å². The Hall–Kier alpha value is -2.45. The van der Waals surface area contributed by atoms with Gasteiger partial charge in [-0.2, -0.15) is 0 Å². The predicted octanol–water partition coefficient (Wildman–Crippen LogP) is 3.79. The summed E-state index contributed by atoms with van der Waals surface area (Å²) in [6.45, 7) is 0. The maximum atomic E-state index is 12.2. The normalized spacial score (nSPS) is 10.5. The minimum Gasteiger partial charge on any atom is -0.495 e. The Morgan fingerprint density at radius 3 is 2.40 bits per heavy atom. The maximum absolute atomic E-state index is 12.2. The molecule has 1 aromatic heterocycles. The largest absolute Gasteiger partial charge is 0.495 e. The first kappa shape index (κ1) is 17.4. The Balaban J connectivity index is 1.77. The van der Waals surface area contributed by atoms with Crippen molar-refractivity contribution in [1.82, 2.24) is 10.4 Å². The molecule has 25 heavy (non-hydrogen) atoms. The highest BCUT2D eigenvalue weighted by atomic mass is 32.2. The van der Waals surface area contributed by atoms with Crippen molar-refractivity contribution in [1.29, 1.82) is 0 Å². The van der Waals surface area contributed by atoms with Crippen molar-refractivity contribution in [3.63, 3.8) is 0 Å². The first-order valence-electron chi connectivity index (χ1n) is 7.38. The van der Waals surface area contributed by atoms with Crippen LogP contribution in [0.1, 0.15) is 10.4 Å². The van der Waals surface area contributed by atoms with Crippen LogP contribution in [0.3, 0.4) is 0 Å². The minimum absolute atomic E-state index is 0.231. The summed E-state index contributed by atoms with van der Waals surface area (Å²) < 4.78 is 11.5. The van der Waals surface area contributed by atoms with Gasteiger partial charge in [0, 0.05) is 10.5 Å². The molecular weight excluding hydrogens is 358 g/mol. The molecule has 0 aliphatic heterocycles. The van der Waals surface area contributed by atoms with Gasteiger partial charge in [-0.05, 0) is 42.7 Å². The first-order valence-corrected chi connectivity index (χ1v) is 9.42. The van der Waals surface area contributed by atoms with Crippen LogP contribution >= 0.6 is 23.1 Å². The number of aromatic nitrogens is 1. The van der Waals surface area contributed by atoms with E-state index < -0.39 is 0 Å². The Bertz CT molecular complexity index is 853. The van der Waals surface area contributed by atoms with E-state index in [2.05, 4.69) is 15.8 Å². The van der Waals surface area contributed by atoms with Gasteiger partial charge in [-0.15, -0.1) is 11.8 Å². The fourth-order valence-corrected chi connectivity index (χ4v) is 3.60. The number of carbonyl (C=O) groups excluding carboxylic acids is 1. The van der Waals surface area contributed by atoms with Crippen molar-refractivity contribution < 1.29 is 14.3 Å². The number of rotatable bonds is 6.